The minimum atomic E-state index is -3.59. The third kappa shape index (κ3) is 10.5. The predicted molar refractivity (Wildman–Crippen MR) is 134 cm³/mol. The molecule has 0 bridgehead atoms. The lowest BCUT2D eigenvalue weighted by atomic mass is 10.1. The Morgan fingerprint density at radius 1 is 0.767 bits per heavy atom. The standard InChI is InChI=1S/C24H41BrClNO2S/c1-3-5-7-9-11-13-15-20-27(21-16-14-12-10-8-6-4-2)30(28,29)23-19-17-18-22(25)24(23)26/h17-19H,3-16,20-21H2,1-2H3. The minimum absolute atomic E-state index is 0.212. The molecule has 1 aromatic carbocycles. The van der Waals surface area contributed by atoms with Gasteiger partial charge >= 0.3 is 0 Å². The van der Waals surface area contributed by atoms with Crippen LogP contribution in [0.5, 0.6) is 0 Å². The topological polar surface area (TPSA) is 37.4 Å². The Morgan fingerprint density at radius 3 is 1.67 bits per heavy atom. The van der Waals surface area contributed by atoms with E-state index in [1.165, 1.54) is 64.2 Å². The minimum Gasteiger partial charge on any atom is -0.207 e. The molecule has 0 aliphatic heterocycles. The summed E-state index contributed by atoms with van der Waals surface area (Å²) < 4.78 is 29.0. The van der Waals surface area contributed by atoms with Gasteiger partial charge in [-0.05, 0) is 40.9 Å². The molecule has 0 fully saturated rings. The molecule has 0 aromatic heterocycles. The molecule has 0 saturated heterocycles. The Kier molecular flexibility index (Phi) is 15.4. The second kappa shape index (κ2) is 16.5. The fraction of sp³-hybridized carbons (Fsp3) is 0.750. The maximum atomic E-state index is 13.3. The molecule has 0 aliphatic rings. The van der Waals surface area contributed by atoms with Crippen LogP contribution in [0.2, 0.25) is 5.02 Å². The molecule has 1 rings (SSSR count). The lowest BCUT2D eigenvalue weighted by Crippen LogP contribution is -2.33. The molecule has 0 spiro atoms. The first kappa shape index (κ1) is 27.9. The molecular formula is C24H41BrClNO2S. The van der Waals surface area contributed by atoms with Crippen LogP contribution < -0.4 is 0 Å². The molecule has 30 heavy (non-hydrogen) atoms. The number of sulfonamides is 1. The normalized spacial score (nSPS) is 12.0. The summed E-state index contributed by atoms with van der Waals surface area (Å²) in [5.74, 6) is 0. The van der Waals surface area contributed by atoms with Crippen LogP contribution in [-0.4, -0.2) is 25.8 Å². The SMILES string of the molecule is CCCCCCCCCN(CCCCCCCCC)S(=O)(=O)c1cccc(Br)c1Cl. The fourth-order valence-electron chi connectivity index (χ4n) is 3.67. The smallest absolute Gasteiger partial charge is 0.207 e. The second-order valence-electron chi connectivity index (χ2n) is 8.20. The van der Waals surface area contributed by atoms with Gasteiger partial charge in [0.1, 0.15) is 4.90 Å². The van der Waals surface area contributed by atoms with E-state index in [0.717, 1.165) is 25.7 Å². The van der Waals surface area contributed by atoms with Gasteiger partial charge in [-0.3, -0.25) is 0 Å². The average Bonchev–Trinajstić information content (AvgIpc) is 2.72. The zero-order valence-corrected chi connectivity index (χ0v) is 22.1. The molecule has 0 aliphatic carbocycles. The number of unbranched alkanes of at least 4 members (excludes halogenated alkanes) is 12. The van der Waals surface area contributed by atoms with Gasteiger partial charge in [0.2, 0.25) is 10.0 Å². The van der Waals surface area contributed by atoms with Gasteiger partial charge in [0.25, 0.3) is 0 Å². The van der Waals surface area contributed by atoms with Crippen LogP contribution in [-0.2, 0) is 10.0 Å². The van der Waals surface area contributed by atoms with Gasteiger partial charge in [-0.2, -0.15) is 4.31 Å². The molecule has 6 heteroatoms. The van der Waals surface area contributed by atoms with Crippen molar-refractivity contribution in [3.63, 3.8) is 0 Å². The Morgan fingerprint density at radius 2 is 1.20 bits per heavy atom. The van der Waals surface area contributed by atoms with Gasteiger partial charge in [-0.15, -0.1) is 0 Å². The highest BCUT2D eigenvalue weighted by Crippen LogP contribution is 2.31. The summed E-state index contributed by atoms with van der Waals surface area (Å²) in [6, 6.07) is 5.13. The largest absolute Gasteiger partial charge is 0.244 e. The lowest BCUT2D eigenvalue weighted by Gasteiger charge is -2.23. The van der Waals surface area contributed by atoms with Gasteiger partial charge in [0.05, 0.1) is 5.02 Å². The monoisotopic (exact) mass is 521 g/mol. The van der Waals surface area contributed by atoms with Crippen LogP contribution in [0, 0.1) is 0 Å². The third-order valence-corrected chi connectivity index (χ3v) is 8.91. The van der Waals surface area contributed by atoms with E-state index in [-0.39, 0.29) is 9.92 Å². The molecule has 1 aromatic rings. The highest BCUT2D eigenvalue weighted by molar-refractivity contribution is 9.10. The van der Waals surface area contributed by atoms with E-state index in [1.807, 2.05) is 0 Å². The fourth-order valence-corrected chi connectivity index (χ4v) is 6.18. The highest BCUT2D eigenvalue weighted by atomic mass is 79.9. The predicted octanol–water partition coefficient (Wildman–Crippen LogP) is 8.59. The second-order valence-corrected chi connectivity index (χ2v) is 11.3. The van der Waals surface area contributed by atoms with Crippen molar-refractivity contribution in [3.05, 3.63) is 27.7 Å². The van der Waals surface area contributed by atoms with Gasteiger partial charge in [-0.1, -0.05) is 109 Å². The number of benzene rings is 1. The van der Waals surface area contributed by atoms with E-state index in [4.69, 9.17) is 11.6 Å². The number of rotatable bonds is 18. The Bertz CT molecular complexity index is 664. The number of hydrogen-bond donors (Lipinski definition) is 0. The van der Waals surface area contributed by atoms with Crippen molar-refractivity contribution in [2.75, 3.05) is 13.1 Å². The van der Waals surface area contributed by atoms with E-state index in [0.29, 0.717) is 17.6 Å². The van der Waals surface area contributed by atoms with Crippen molar-refractivity contribution in [1.29, 1.82) is 0 Å². The van der Waals surface area contributed by atoms with E-state index in [2.05, 4.69) is 29.8 Å². The van der Waals surface area contributed by atoms with Crippen molar-refractivity contribution >= 4 is 37.6 Å². The zero-order valence-electron chi connectivity index (χ0n) is 19.0. The van der Waals surface area contributed by atoms with Gasteiger partial charge < -0.3 is 0 Å². The summed E-state index contributed by atoms with van der Waals surface area (Å²) >= 11 is 9.69. The Labute approximate surface area is 199 Å². The van der Waals surface area contributed by atoms with Crippen LogP contribution in [0.1, 0.15) is 104 Å². The maximum absolute atomic E-state index is 13.3. The van der Waals surface area contributed by atoms with Gasteiger partial charge in [0.15, 0.2) is 0 Å². The van der Waals surface area contributed by atoms with Gasteiger partial charge in [-0.25, -0.2) is 8.42 Å². The maximum Gasteiger partial charge on any atom is 0.244 e. The summed E-state index contributed by atoms with van der Waals surface area (Å²) in [5.41, 5.74) is 0. The number of halogens is 2. The highest BCUT2D eigenvalue weighted by Gasteiger charge is 2.26. The first-order chi connectivity index (χ1) is 14.4. The van der Waals surface area contributed by atoms with Crippen molar-refractivity contribution in [1.82, 2.24) is 4.31 Å². The van der Waals surface area contributed by atoms with Crippen LogP contribution in [0.25, 0.3) is 0 Å². The first-order valence-electron chi connectivity index (χ1n) is 11.9. The molecule has 0 amide bonds. The first-order valence-corrected chi connectivity index (χ1v) is 14.5. The van der Waals surface area contributed by atoms with E-state index >= 15 is 0 Å². The summed E-state index contributed by atoms with van der Waals surface area (Å²) in [5, 5.41) is 0.279. The molecule has 0 heterocycles. The summed E-state index contributed by atoms with van der Waals surface area (Å²) in [4.78, 5) is 0.212. The van der Waals surface area contributed by atoms with Gasteiger partial charge in [0, 0.05) is 17.6 Å². The van der Waals surface area contributed by atoms with Crippen molar-refractivity contribution in [2.24, 2.45) is 0 Å². The average molecular weight is 523 g/mol. The Balaban J connectivity index is 2.65. The van der Waals surface area contributed by atoms with Crippen LogP contribution >= 0.6 is 27.5 Å². The zero-order chi connectivity index (χ0) is 22.2. The molecule has 0 atom stereocenters. The molecule has 0 N–H and O–H groups in total. The summed E-state index contributed by atoms with van der Waals surface area (Å²) in [7, 11) is -3.59. The quantitative estimate of drug-likeness (QED) is 0.181. The van der Waals surface area contributed by atoms with Crippen molar-refractivity contribution in [2.45, 2.75) is 109 Å². The molecule has 0 saturated carbocycles. The summed E-state index contributed by atoms with van der Waals surface area (Å²) in [6.45, 7) is 5.60. The molecule has 0 radical (unpaired) electrons. The molecular weight excluding hydrogens is 482 g/mol. The van der Waals surface area contributed by atoms with Crippen molar-refractivity contribution < 1.29 is 8.42 Å². The van der Waals surface area contributed by atoms with Crippen molar-refractivity contribution in [3.8, 4) is 0 Å². The summed E-state index contributed by atoms with van der Waals surface area (Å²) in [6.07, 6.45) is 16.5. The lowest BCUT2D eigenvalue weighted by molar-refractivity contribution is 0.383. The van der Waals surface area contributed by atoms with Crippen LogP contribution in [0.4, 0.5) is 0 Å². The number of nitrogens with zero attached hydrogens (tertiary/aromatic N) is 1. The molecule has 174 valence electrons. The van der Waals surface area contributed by atoms with E-state index in [1.54, 1.807) is 22.5 Å². The number of hydrogen-bond acceptors (Lipinski definition) is 2. The van der Waals surface area contributed by atoms with E-state index < -0.39 is 10.0 Å². The van der Waals surface area contributed by atoms with E-state index in [9.17, 15) is 8.42 Å². The molecule has 3 nitrogen and oxygen atoms in total. The molecule has 0 unspecified atom stereocenters. The van der Waals surface area contributed by atoms with Crippen LogP contribution in [0.15, 0.2) is 27.6 Å². The Hall–Kier alpha value is -0.100. The van der Waals surface area contributed by atoms with Crippen LogP contribution in [0.3, 0.4) is 0 Å². The third-order valence-electron chi connectivity index (χ3n) is 5.56.